The summed E-state index contributed by atoms with van der Waals surface area (Å²) < 4.78 is 0. The molecule has 4 nitrogen and oxygen atoms in total. The molecule has 2 heterocycles. The Bertz CT molecular complexity index is 429. The van der Waals surface area contributed by atoms with E-state index in [1.54, 1.807) is 4.90 Å². The summed E-state index contributed by atoms with van der Waals surface area (Å²) in [5.41, 5.74) is 3.45. The standard InChI is InChI=1S/C13H19N3O/c1-9(2)13-11-5-4-6-16(8-17)7-12(11)14-10(3)15-13/h8-9H,4-7H2,1-3H3. The smallest absolute Gasteiger partial charge is 0.210 e. The van der Waals surface area contributed by atoms with E-state index in [1.165, 1.54) is 5.56 Å². The minimum atomic E-state index is 0.410. The summed E-state index contributed by atoms with van der Waals surface area (Å²) >= 11 is 0. The Kier molecular flexibility index (Phi) is 3.41. The maximum Gasteiger partial charge on any atom is 0.210 e. The molecule has 1 aromatic heterocycles. The van der Waals surface area contributed by atoms with Crippen molar-refractivity contribution >= 4 is 6.41 Å². The molecule has 92 valence electrons. The molecule has 17 heavy (non-hydrogen) atoms. The van der Waals surface area contributed by atoms with Crippen molar-refractivity contribution in [3.8, 4) is 0 Å². The van der Waals surface area contributed by atoms with E-state index in [1.807, 2.05) is 6.92 Å². The van der Waals surface area contributed by atoms with E-state index in [-0.39, 0.29) is 0 Å². The molecule has 0 unspecified atom stereocenters. The van der Waals surface area contributed by atoms with E-state index in [0.717, 1.165) is 43.0 Å². The Balaban J connectivity index is 2.47. The van der Waals surface area contributed by atoms with Crippen molar-refractivity contribution in [2.45, 2.75) is 46.1 Å². The summed E-state index contributed by atoms with van der Waals surface area (Å²) in [4.78, 5) is 21.8. The van der Waals surface area contributed by atoms with Crippen LogP contribution in [0.15, 0.2) is 0 Å². The number of aryl methyl sites for hydroxylation is 1. The molecule has 0 aromatic carbocycles. The third-order valence-corrected chi connectivity index (χ3v) is 3.16. The normalized spacial score (nSPS) is 15.6. The molecule has 1 aromatic rings. The average molecular weight is 233 g/mol. The van der Waals surface area contributed by atoms with Gasteiger partial charge in [-0.05, 0) is 31.2 Å². The maximum atomic E-state index is 10.9. The second kappa shape index (κ2) is 4.82. The molecular formula is C13H19N3O. The van der Waals surface area contributed by atoms with Gasteiger partial charge in [0.15, 0.2) is 0 Å². The lowest BCUT2D eigenvalue weighted by Gasteiger charge is -2.16. The topological polar surface area (TPSA) is 46.1 Å². The van der Waals surface area contributed by atoms with Gasteiger partial charge in [0.1, 0.15) is 5.82 Å². The van der Waals surface area contributed by atoms with Gasteiger partial charge in [-0.15, -0.1) is 0 Å². The van der Waals surface area contributed by atoms with Gasteiger partial charge in [0.25, 0.3) is 0 Å². The molecule has 0 saturated heterocycles. The lowest BCUT2D eigenvalue weighted by atomic mass is 9.99. The SMILES string of the molecule is Cc1nc2c(c(C(C)C)n1)CCCN(C=O)C2. The van der Waals surface area contributed by atoms with Crippen LogP contribution in [0.3, 0.4) is 0 Å². The van der Waals surface area contributed by atoms with Crippen molar-refractivity contribution in [2.75, 3.05) is 6.54 Å². The first kappa shape index (κ1) is 12.0. The quantitative estimate of drug-likeness (QED) is 0.732. The highest BCUT2D eigenvalue weighted by atomic mass is 16.1. The highest BCUT2D eigenvalue weighted by Crippen LogP contribution is 2.24. The first-order valence-corrected chi connectivity index (χ1v) is 6.17. The average Bonchev–Trinajstić information content (AvgIpc) is 2.49. The third kappa shape index (κ3) is 2.46. The second-order valence-corrected chi connectivity index (χ2v) is 4.92. The highest BCUT2D eigenvalue weighted by molar-refractivity contribution is 5.48. The molecule has 0 saturated carbocycles. The molecule has 4 heteroatoms. The predicted octanol–water partition coefficient (Wildman–Crippen LogP) is 1.81. The molecule has 1 amide bonds. The van der Waals surface area contributed by atoms with Crippen molar-refractivity contribution in [1.29, 1.82) is 0 Å². The van der Waals surface area contributed by atoms with Gasteiger partial charge in [-0.3, -0.25) is 4.79 Å². The van der Waals surface area contributed by atoms with Gasteiger partial charge in [0.05, 0.1) is 17.9 Å². The van der Waals surface area contributed by atoms with Crippen LogP contribution in [0.2, 0.25) is 0 Å². The molecule has 0 atom stereocenters. The zero-order valence-corrected chi connectivity index (χ0v) is 10.7. The summed E-state index contributed by atoms with van der Waals surface area (Å²) in [7, 11) is 0. The maximum absolute atomic E-state index is 10.9. The fourth-order valence-electron chi connectivity index (χ4n) is 2.38. The number of carbonyl (C=O) groups is 1. The number of nitrogens with zero attached hydrogens (tertiary/aromatic N) is 3. The highest BCUT2D eigenvalue weighted by Gasteiger charge is 2.20. The number of carbonyl (C=O) groups excluding carboxylic acids is 1. The van der Waals surface area contributed by atoms with E-state index in [0.29, 0.717) is 12.5 Å². The monoisotopic (exact) mass is 233 g/mol. The number of aromatic nitrogens is 2. The molecule has 1 aliphatic heterocycles. The Morgan fingerprint density at radius 3 is 2.76 bits per heavy atom. The van der Waals surface area contributed by atoms with Crippen molar-refractivity contribution < 1.29 is 4.79 Å². The third-order valence-electron chi connectivity index (χ3n) is 3.16. The first-order valence-electron chi connectivity index (χ1n) is 6.17. The Morgan fingerprint density at radius 1 is 1.35 bits per heavy atom. The lowest BCUT2D eigenvalue weighted by Crippen LogP contribution is -2.22. The lowest BCUT2D eigenvalue weighted by molar-refractivity contribution is -0.118. The minimum Gasteiger partial charge on any atom is -0.339 e. The van der Waals surface area contributed by atoms with Crippen LogP contribution >= 0.6 is 0 Å². The van der Waals surface area contributed by atoms with Gasteiger partial charge >= 0.3 is 0 Å². The van der Waals surface area contributed by atoms with Gasteiger partial charge in [-0.1, -0.05) is 13.8 Å². The van der Waals surface area contributed by atoms with Gasteiger partial charge < -0.3 is 4.90 Å². The van der Waals surface area contributed by atoms with Crippen LogP contribution in [0.1, 0.15) is 49.0 Å². The molecule has 0 aliphatic carbocycles. The van der Waals surface area contributed by atoms with Gasteiger partial charge in [0.2, 0.25) is 6.41 Å². The number of fused-ring (bicyclic) bond motifs is 1. The van der Waals surface area contributed by atoms with Crippen LogP contribution in [0.4, 0.5) is 0 Å². The van der Waals surface area contributed by atoms with Crippen LogP contribution in [-0.2, 0) is 17.8 Å². The largest absolute Gasteiger partial charge is 0.339 e. The van der Waals surface area contributed by atoms with Crippen LogP contribution in [0.25, 0.3) is 0 Å². The summed E-state index contributed by atoms with van der Waals surface area (Å²) in [6.45, 7) is 7.68. The Hall–Kier alpha value is -1.45. The molecular weight excluding hydrogens is 214 g/mol. The summed E-state index contributed by atoms with van der Waals surface area (Å²) in [6, 6.07) is 0. The van der Waals surface area contributed by atoms with Crippen LogP contribution in [-0.4, -0.2) is 27.8 Å². The fraction of sp³-hybridized carbons (Fsp3) is 0.615. The van der Waals surface area contributed by atoms with Crippen LogP contribution in [0.5, 0.6) is 0 Å². The zero-order valence-electron chi connectivity index (χ0n) is 10.7. The number of hydrogen-bond donors (Lipinski definition) is 0. The molecule has 1 aliphatic rings. The zero-order chi connectivity index (χ0) is 12.4. The van der Waals surface area contributed by atoms with Gasteiger partial charge in [-0.2, -0.15) is 0 Å². The van der Waals surface area contributed by atoms with Crippen molar-refractivity contribution in [1.82, 2.24) is 14.9 Å². The number of amides is 1. The molecule has 0 N–H and O–H groups in total. The molecule has 2 rings (SSSR count). The van der Waals surface area contributed by atoms with Crippen molar-refractivity contribution in [2.24, 2.45) is 0 Å². The van der Waals surface area contributed by atoms with E-state index in [2.05, 4.69) is 23.8 Å². The minimum absolute atomic E-state index is 0.410. The van der Waals surface area contributed by atoms with E-state index < -0.39 is 0 Å². The number of rotatable bonds is 2. The van der Waals surface area contributed by atoms with Crippen LogP contribution in [0, 0.1) is 6.92 Å². The van der Waals surface area contributed by atoms with Crippen LogP contribution < -0.4 is 0 Å². The van der Waals surface area contributed by atoms with Crippen molar-refractivity contribution in [3.05, 3.63) is 22.8 Å². The number of hydrogen-bond acceptors (Lipinski definition) is 3. The molecule has 0 bridgehead atoms. The predicted molar refractivity (Wildman–Crippen MR) is 65.7 cm³/mol. The summed E-state index contributed by atoms with van der Waals surface area (Å²) in [6.07, 6.45) is 2.90. The first-order chi connectivity index (χ1) is 8.11. The Morgan fingerprint density at radius 2 is 2.12 bits per heavy atom. The van der Waals surface area contributed by atoms with E-state index in [9.17, 15) is 4.79 Å². The van der Waals surface area contributed by atoms with Gasteiger partial charge in [-0.25, -0.2) is 9.97 Å². The van der Waals surface area contributed by atoms with Crippen molar-refractivity contribution in [3.63, 3.8) is 0 Å². The summed E-state index contributed by atoms with van der Waals surface area (Å²) in [5.74, 6) is 1.22. The fourth-order valence-corrected chi connectivity index (χ4v) is 2.38. The molecule has 0 radical (unpaired) electrons. The van der Waals surface area contributed by atoms with E-state index >= 15 is 0 Å². The van der Waals surface area contributed by atoms with E-state index in [4.69, 9.17) is 0 Å². The molecule has 0 fully saturated rings. The van der Waals surface area contributed by atoms with Gasteiger partial charge in [0, 0.05) is 6.54 Å². The molecule has 0 spiro atoms. The summed E-state index contributed by atoms with van der Waals surface area (Å²) in [5, 5.41) is 0. The second-order valence-electron chi connectivity index (χ2n) is 4.92. The Labute approximate surface area is 102 Å².